The second kappa shape index (κ2) is 6.62. The van der Waals surface area contributed by atoms with E-state index in [9.17, 15) is 4.79 Å². The number of carbonyl (C=O) groups excluding carboxylic acids is 1. The minimum Gasteiger partial charge on any atom is -0.361 e. The van der Waals surface area contributed by atoms with Crippen LogP contribution in [0.3, 0.4) is 0 Å². The lowest BCUT2D eigenvalue weighted by Crippen LogP contribution is -2.42. The predicted octanol–water partition coefficient (Wildman–Crippen LogP) is 2.61. The lowest BCUT2D eigenvalue weighted by molar-refractivity contribution is -0.120. The molecule has 2 atom stereocenters. The molecule has 18 heavy (non-hydrogen) atoms. The molecule has 0 saturated carbocycles. The number of hydrogen-bond donors (Lipinski definition) is 1. The molecule has 1 saturated heterocycles. The van der Waals surface area contributed by atoms with Crippen LogP contribution in [-0.2, 0) is 11.2 Å². The summed E-state index contributed by atoms with van der Waals surface area (Å²) in [7, 11) is 2.28. The summed E-state index contributed by atoms with van der Waals surface area (Å²) < 4.78 is 0. The zero-order valence-corrected chi connectivity index (χ0v) is 11.1. The summed E-state index contributed by atoms with van der Waals surface area (Å²) >= 11 is 0. The van der Waals surface area contributed by atoms with Gasteiger partial charge in [0.05, 0.1) is 6.42 Å². The van der Waals surface area contributed by atoms with Crippen molar-refractivity contribution in [2.75, 3.05) is 0 Å². The van der Waals surface area contributed by atoms with Crippen LogP contribution in [-0.4, -0.2) is 19.1 Å². The van der Waals surface area contributed by atoms with E-state index in [2.05, 4.69) is 19.5 Å². The molecule has 1 aromatic rings. The van der Waals surface area contributed by atoms with Crippen LogP contribution < -0.4 is 5.32 Å². The summed E-state index contributed by atoms with van der Waals surface area (Å²) in [5.74, 6) is 1.24. The monoisotopic (exact) mass is 242 g/mol. The van der Waals surface area contributed by atoms with Crippen molar-refractivity contribution < 1.29 is 4.79 Å². The van der Waals surface area contributed by atoms with E-state index >= 15 is 0 Å². The van der Waals surface area contributed by atoms with Gasteiger partial charge in [0.25, 0.3) is 0 Å². The highest BCUT2D eigenvalue weighted by Crippen LogP contribution is 2.22. The van der Waals surface area contributed by atoms with Gasteiger partial charge in [0, 0.05) is 0 Å². The van der Waals surface area contributed by atoms with E-state index in [4.69, 9.17) is 0 Å². The molecule has 0 spiro atoms. The quantitative estimate of drug-likeness (QED) is 0.808. The lowest BCUT2D eigenvalue weighted by atomic mass is 9.56. The van der Waals surface area contributed by atoms with Gasteiger partial charge >= 0.3 is 0 Å². The van der Waals surface area contributed by atoms with Crippen LogP contribution in [0.4, 0.5) is 0 Å². The zero-order valence-electron chi connectivity index (χ0n) is 11.1. The third kappa shape index (κ3) is 3.90. The molecule has 1 aliphatic heterocycles. The van der Waals surface area contributed by atoms with Crippen LogP contribution in [0, 0.1) is 5.92 Å². The number of benzene rings is 1. The first-order valence-electron chi connectivity index (χ1n) is 6.94. The molecule has 1 heterocycles. The van der Waals surface area contributed by atoms with Crippen LogP contribution in [0.15, 0.2) is 30.3 Å². The van der Waals surface area contributed by atoms with E-state index < -0.39 is 0 Å². The van der Waals surface area contributed by atoms with Crippen LogP contribution >= 0.6 is 0 Å². The van der Waals surface area contributed by atoms with Gasteiger partial charge in [0.15, 0.2) is 0 Å². The smallest absolute Gasteiger partial charge is 0.223 e. The number of carbonyl (C=O) groups is 1. The highest BCUT2D eigenvalue weighted by Gasteiger charge is 2.22. The first-order chi connectivity index (χ1) is 8.78. The molecule has 0 aliphatic carbocycles. The molecule has 1 aromatic carbocycles. The number of hydrogen-bond acceptors (Lipinski definition) is 1. The van der Waals surface area contributed by atoms with Crippen molar-refractivity contribution in [2.45, 2.75) is 44.9 Å². The summed E-state index contributed by atoms with van der Waals surface area (Å²) in [6.45, 7) is 2.24. The Kier molecular flexibility index (Phi) is 4.86. The summed E-state index contributed by atoms with van der Waals surface area (Å²) in [6, 6.07) is 9.91. The summed E-state index contributed by atoms with van der Waals surface area (Å²) in [5.41, 5.74) is 1.08. The second-order valence-corrected chi connectivity index (χ2v) is 5.16. The van der Waals surface area contributed by atoms with Gasteiger partial charge in [0.1, 0.15) is 7.28 Å². The Morgan fingerprint density at radius 1 is 1.33 bits per heavy atom. The molecular weight excluding hydrogens is 221 g/mol. The van der Waals surface area contributed by atoms with E-state index in [1.807, 2.05) is 30.3 Å². The van der Waals surface area contributed by atoms with E-state index in [-0.39, 0.29) is 11.8 Å². The Balaban J connectivity index is 1.75. The maximum absolute atomic E-state index is 11.9. The maximum atomic E-state index is 11.9. The first-order valence-corrected chi connectivity index (χ1v) is 6.94. The zero-order chi connectivity index (χ0) is 12.8. The van der Waals surface area contributed by atoms with Gasteiger partial charge < -0.3 is 5.32 Å². The van der Waals surface area contributed by atoms with Crippen molar-refractivity contribution in [1.82, 2.24) is 5.32 Å². The van der Waals surface area contributed by atoms with Crippen molar-refractivity contribution in [3.05, 3.63) is 35.9 Å². The second-order valence-electron chi connectivity index (χ2n) is 5.16. The normalized spacial score (nSPS) is 23.2. The first kappa shape index (κ1) is 13.2. The van der Waals surface area contributed by atoms with Crippen LogP contribution in [0.25, 0.3) is 0 Å². The lowest BCUT2D eigenvalue weighted by Gasteiger charge is -2.27. The van der Waals surface area contributed by atoms with Crippen molar-refractivity contribution in [2.24, 2.45) is 5.92 Å². The summed E-state index contributed by atoms with van der Waals surface area (Å²) in [6.07, 6.45) is 5.22. The van der Waals surface area contributed by atoms with Gasteiger partial charge in [0.2, 0.25) is 5.91 Å². The molecule has 0 bridgehead atoms. The molecule has 3 heteroatoms. The highest BCUT2D eigenvalue weighted by molar-refractivity contribution is 6.38. The average molecular weight is 242 g/mol. The van der Waals surface area contributed by atoms with Gasteiger partial charge in [-0.25, -0.2) is 0 Å². The minimum absolute atomic E-state index is 0.136. The topological polar surface area (TPSA) is 29.1 Å². The highest BCUT2D eigenvalue weighted by atomic mass is 16.1. The molecule has 1 radical (unpaired) electrons. The van der Waals surface area contributed by atoms with E-state index in [1.165, 1.54) is 12.8 Å². The van der Waals surface area contributed by atoms with Gasteiger partial charge in [-0.15, -0.1) is 0 Å². The van der Waals surface area contributed by atoms with Crippen molar-refractivity contribution in [1.29, 1.82) is 0 Å². The number of rotatable bonds is 4. The van der Waals surface area contributed by atoms with Gasteiger partial charge in [-0.2, -0.15) is 0 Å². The molecule has 1 N–H and O–H groups in total. The Morgan fingerprint density at radius 3 is 2.72 bits per heavy atom. The molecule has 1 amide bonds. The van der Waals surface area contributed by atoms with Gasteiger partial charge in [-0.1, -0.05) is 50.0 Å². The Morgan fingerprint density at radius 2 is 2.11 bits per heavy atom. The maximum Gasteiger partial charge on any atom is 0.223 e. The van der Waals surface area contributed by atoms with Gasteiger partial charge in [-0.05, 0) is 30.3 Å². The molecule has 1 aliphatic rings. The molecule has 2 nitrogen and oxygen atoms in total. The Bertz CT molecular complexity index is 371. The van der Waals surface area contributed by atoms with Crippen LogP contribution in [0.2, 0.25) is 6.32 Å². The SMILES string of the molecule is CCC1C[B]C(NC(=O)Cc2ccccc2)CC1. The molecule has 95 valence electrons. The van der Waals surface area contributed by atoms with E-state index in [0.29, 0.717) is 6.42 Å². The minimum atomic E-state index is 0.136. The fraction of sp³-hybridized carbons (Fsp3) is 0.533. The third-order valence-electron chi connectivity index (χ3n) is 3.77. The van der Waals surface area contributed by atoms with E-state index in [0.717, 1.165) is 24.2 Å². The van der Waals surface area contributed by atoms with Crippen molar-refractivity contribution in [3.8, 4) is 0 Å². The van der Waals surface area contributed by atoms with E-state index in [1.54, 1.807) is 0 Å². The van der Waals surface area contributed by atoms with Crippen LogP contribution in [0.5, 0.6) is 0 Å². The van der Waals surface area contributed by atoms with Gasteiger partial charge in [-0.3, -0.25) is 4.79 Å². The van der Waals surface area contributed by atoms with Crippen molar-refractivity contribution in [3.63, 3.8) is 0 Å². The van der Waals surface area contributed by atoms with Crippen LogP contribution in [0.1, 0.15) is 31.7 Å². The largest absolute Gasteiger partial charge is 0.361 e. The Hall–Kier alpha value is -1.25. The third-order valence-corrected chi connectivity index (χ3v) is 3.77. The predicted molar refractivity (Wildman–Crippen MR) is 75.7 cm³/mol. The molecular formula is C15H21BNO. The molecule has 2 rings (SSSR count). The molecule has 1 fully saturated rings. The molecule has 0 aromatic heterocycles. The fourth-order valence-corrected chi connectivity index (χ4v) is 2.55. The summed E-state index contributed by atoms with van der Waals surface area (Å²) in [5, 5.41) is 3.12. The molecule has 2 unspecified atom stereocenters. The number of amides is 1. The van der Waals surface area contributed by atoms with Crippen molar-refractivity contribution >= 4 is 13.2 Å². The summed E-state index contributed by atoms with van der Waals surface area (Å²) in [4.78, 5) is 11.9. The average Bonchev–Trinajstić information content (AvgIpc) is 2.40. The Labute approximate surface area is 110 Å². The fourth-order valence-electron chi connectivity index (χ4n) is 2.55. The number of nitrogens with one attached hydrogen (secondary N) is 1. The standard InChI is InChI=1S/C15H21BNO/c1-2-12-8-9-14(16-11-12)17-15(18)10-13-6-4-3-5-7-13/h3-7,12,14H,2,8-11H2,1H3,(H,17,18).